The number of hydrogen-bond donors (Lipinski definition) is 3. The summed E-state index contributed by atoms with van der Waals surface area (Å²) in [6.45, 7) is 7.83. The van der Waals surface area contributed by atoms with Crippen molar-refractivity contribution in [2.24, 2.45) is 0 Å². The summed E-state index contributed by atoms with van der Waals surface area (Å²) in [7, 11) is 0. The van der Waals surface area contributed by atoms with Gasteiger partial charge in [-0.15, -0.1) is 0 Å². The number of aliphatic hydroxyl groups is 2. The Kier molecular flexibility index (Phi) is 7.43. The molecule has 0 aliphatic rings. The summed E-state index contributed by atoms with van der Waals surface area (Å²) in [6, 6.07) is 0. The maximum absolute atomic E-state index is 10.3. The van der Waals surface area contributed by atoms with Crippen LogP contribution in [0.2, 0.25) is 0 Å². The van der Waals surface area contributed by atoms with Gasteiger partial charge in [-0.3, -0.25) is 0 Å². The predicted molar refractivity (Wildman–Crippen MR) is 60.7 cm³/mol. The van der Waals surface area contributed by atoms with Crippen LogP contribution in [0.3, 0.4) is 0 Å². The van der Waals surface area contributed by atoms with Crippen molar-refractivity contribution in [3.8, 4) is 0 Å². The van der Waals surface area contributed by atoms with Gasteiger partial charge in [0, 0.05) is 0 Å². The summed E-state index contributed by atoms with van der Waals surface area (Å²) >= 11 is 0. The fourth-order valence-corrected chi connectivity index (χ4v) is 2.06. The molecule has 0 radical (unpaired) electrons. The zero-order chi connectivity index (χ0) is 10.5. The van der Waals surface area contributed by atoms with Crippen LogP contribution in [0.15, 0.2) is 0 Å². The normalized spacial score (nSPS) is 15.9. The van der Waals surface area contributed by atoms with E-state index in [2.05, 4.69) is 0 Å². The molecule has 5 N–H and O–H groups in total. The molecule has 0 amide bonds. The molecular formula is C11H27NO2. The van der Waals surface area contributed by atoms with Gasteiger partial charge in [-0.2, -0.15) is 0 Å². The molecule has 1 atom stereocenters. The number of hydrogen-bond acceptors (Lipinski definition) is 3. The van der Waals surface area contributed by atoms with Crippen molar-refractivity contribution >= 4 is 0 Å². The van der Waals surface area contributed by atoms with E-state index in [1.165, 1.54) is 0 Å². The van der Waals surface area contributed by atoms with E-state index in [1.807, 2.05) is 27.7 Å². The van der Waals surface area contributed by atoms with Crippen LogP contribution in [0.25, 0.3) is 0 Å². The third-order valence-corrected chi connectivity index (χ3v) is 3.28. The minimum absolute atomic E-state index is 0. The first-order chi connectivity index (χ1) is 5.99. The summed E-state index contributed by atoms with van der Waals surface area (Å²) < 4.78 is 0. The minimum atomic E-state index is -0.905. The SMILES string of the molecule is CCCC(O)(CC)C(O)(CC)CC.N. The van der Waals surface area contributed by atoms with E-state index in [0.29, 0.717) is 25.7 Å². The van der Waals surface area contributed by atoms with Gasteiger partial charge in [0.1, 0.15) is 0 Å². The molecule has 88 valence electrons. The maximum Gasteiger partial charge on any atom is 0.0930 e. The lowest BCUT2D eigenvalue weighted by Gasteiger charge is -2.42. The minimum Gasteiger partial charge on any atom is -0.387 e. The van der Waals surface area contributed by atoms with E-state index in [9.17, 15) is 10.2 Å². The Morgan fingerprint density at radius 1 is 0.786 bits per heavy atom. The van der Waals surface area contributed by atoms with Crippen LogP contribution in [0, 0.1) is 0 Å². The second-order valence-electron chi connectivity index (χ2n) is 3.87. The highest BCUT2D eigenvalue weighted by Gasteiger charge is 2.44. The molecule has 14 heavy (non-hydrogen) atoms. The average molecular weight is 205 g/mol. The molecule has 0 fully saturated rings. The average Bonchev–Trinajstić information content (AvgIpc) is 2.16. The van der Waals surface area contributed by atoms with Gasteiger partial charge < -0.3 is 16.4 Å². The molecule has 0 saturated carbocycles. The number of rotatable bonds is 6. The highest BCUT2D eigenvalue weighted by molar-refractivity contribution is 4.96. The Balaban J connectivity index is 0. The smallest absolute Gasteiger partial charge is 0.0930 e. The molecule has 0 spiro atoms. The van der Waals surface area contributed by atoms with E-state index >= 15 is 0 Å². The summed E-state index contributed by atoms with van der Waals surface area (Å²) in [5.41, 5.74) is -1.80. The molecule has 0 saturated heterocycles. The van der Waals surface area contributed by atoms with Crippen molar-refractivity contribution in [1.82, 2.24) is 6.15 Å². The second-order valence-corrected chi connectivity index (χ2v) is 3.87. The van der Waals surface area contributed by atoms with E-state index in [-0.39, 0.29) is 6.15 Å². The lowest BCUT2D eigenvalue weighted by atomic mass is 9.74. The zero-order valence-corrected chi connectivity index (χ0v) is 10.1. The first-order valence-corrected chi connectivity index (χ1v) is 5.44. The largest absolute Gasteiger partial charge is 0.387 e. The van der Waals surface area contributed by atoms with E-state index in [0.717, 1.165) is 6.42 Å². The van der Waals surface area contributed by atoms with Crippen LogP contribution in [0.1, 0.15) is 59.8 Å². The Hall–Kier alpha value is -0.120. The molecule has 3 nitrogen and oxygen atoms in total. The van der Waals surface area contributed by atoms with Gasteiger partial charge in [0.25, 0.3) is 0 Å². The molecule has 0 aromatic rings. The molecule has 3 heteroatoms. The van der Waals surface area contributed by atoms with Crippen LogP contribution < -0.4 is 6.15 Å². The van der Waals surface area contributed by atoms with Crippen molar-refractivity contribution in [2.75, 3.05) is 0 Å². The summed E-state index contributed by atoms with van der Waals surface area (Å²) in [5, 5.41) is 20.5. The van der Waals surface area contributed by atoms with Crippen LogP contribution in [0.4, 0.5) is 0 Å². The Morgan fingerprint density at radius 2 is 1.14 bits per heavy atom. The van der Waals surface area contributed by atoms with Crippen LogP contribution in [-0.2, 0) is 0 Å². The van der Waals surface area contributed by atoms with Gasteiger partial charge in [0.15, 0.2) is 0 Å². The fourth-order valence-electron chi connectivity index (χ4n) is 2.06. The Labute approximate surface area is 88.1 Å². The molecular weight excluding hydrogens is 178 g/mol. The Bertz CT molecular complexity index is 146. The fraction of sp³-hybridized carbons (Fsp3) is 1.00. The first kappa shape index (κ1) is 16.3. The highest BCUT2D eigenvalue weighted by Crippen LogP contribution is 2.35. The van der Waals surface area contributed by atoms with Gasteiger partial charge in [-0.1, -0.05) is 34.1 Å². The quantitative estimate of drug-likeness (QED) is 0.624. The van der Waals surface area contributed by atoms with Gasteiger partial charge in [0.05, 0.1) is 11.2 Å². The molecule has 0 rings (SSSR count). The van der Waals surface area contributed by atoms with Crippen molar-refractivity contribution in [1.29, 1.82) is 0 Å². The second kappa shape index (κ2) is 6.38. The predicted octanol–water partition coefficient (Wildman–Crippen LogP) is 2.64. The standard InChI is InChI=1S/C11H24O2.H3N/c1-5-9-11(13,8-4)10(12,6-2)7-3;/h12-13H,5-9H2,1-4H3;1H3. The lowest BCUT2D eigenvalue weighted by molar-refractivity contribution is -0.161. The molecule has 0 heterocycles. The van der Waals surface area contributed by atoms with Gasteiger partial charge in [-0.25, -0.2) is 0 Å². The summed E-state index contributed by atoms with van der Waals surface area (Å²) in [6.07, 6.45) is 3.45. The molecule has 0 aromatic heterocycles. The maximum atomic E-state index is 10.3. The van der Waals surface area contributed by atoms with Crippen LogP contribution >= 0.6 is 0 Å². The third kappa shape index (κ3) is 2.94. The van der Waals surface area contributed by atoms with E-state index in [1.54, 1.807) is 0 Å². The lowest BCUT2D eigenvalue weighted by Crippen LogP contribution is -2.53. The van der Waals surface area contributed by atoms with E-state index < -0.39 is 11.2 Å². The zero-order valence-electron chi connectivity index (χ0n) is 10.1. The van der Waals surface area contributed by atoms with Crippen molar-refractivity contribution in [2.45, 2.75) is 71.0 Å². The van der Waals surface area contributed by atoms with Crippen LogP contribution in [0.5, 0.6) is 0 Å². The van der Waals surface area contributed by atoms with Gasteiger partial charge in [0.2, 0.25) is 0 Å². The van der Waals surface area contributed by atoms with Crippen LogP contribution in [-0.4, -0.2) is 21.4 Å². The molecule has 0 aromatic carbocycles. The monoisotopic (exact) mass is 205 g/mol. The highest BCUT2D eigenvalue weighted by atomic mass is 16.4. The summed E-state index contributed by atoms with van der Waals surface area (Å²) in [5.74, 6) is 0. The van der Waals surface area contributed by atoms with E-state index in [4.69, 9.17) is 0 Å². The Morgan fingerprint density at radius 3 is 1.36 bits per heavy atom. The molecule has 0 aliphatic carbocycles. The molecule has 1 unspecified atom stereocenters. The molecule has 0 aliphatic heterocycles. The van der Waals surface area contributed by atoms with Gasteiger partial charge in [-0.05, 0) is 25.7 Å². The summed E-state index contributed by atoms with van der Waals surface area (Å²) in [4.78, 5) is 0. The van der Waals surface area contributed by atoms with Crippen molar-refractivity contribution in [3.05, 3.63) is 0 Å². The van der Waals surface area contributed by atoms with Crippen molar-refractivity contribution in [3.63, 3.8) is 0 Å². The topological polar surface area (TPSA) is 75.5 Å². The molecule has 0 bridgehead atoms. The van der Waals surface area contributed by atoms with Crippen molar-refractivity contribution < 1.29 is 10.2 Å². The van der Waals surface area contributed by atoms with Gasteiger partial charge >= 0.3 is 0 Å². The first-order valence-electron chi connectivity index (χ1n) is 5.44. The third-order valence-electron chi connectivity index (χ3n) is 3.28.